The van der Waals surface area contributed by atoms with Crippen molar-refractivity contribution >= 4 is 23.0 Å². The average molecular weight is 328 g/mol. The van der Waals surface area contributed by atoms with Gasteiger partial charge in [0, 0.05) is 12.2 Å². The average Bonchev–Trinajstić information content (AvgIpc) is 2.59. The number of nitrogens with one attached hydrogen (secondary N) is 2. The summed E-state index contributed by atoms with van der Waals surface area (Å²) >= 11 is 5.30. The Kier molecular flexibility index (Phi) is 6.44. The second-order valence-corrected chi connectivity index (χ2v) is 5.19. The summed E-state index contributed by atoms with van der Waals surface area (Å²) in [6.07, 6.45) is 1.71. The summed E-state index contributed by atoms with van der Waals surface area (Å²) < 4.78 is 10.6. The van der Waals surface area contributed by atoms with Crippen molar-refractivity contribution in [1.29, 1.82) is 0 Å². The predicted octanol–water partition coefficient (Wildman–Crippen LogP) is 3.75. The first-order chi connectivity index (χ1) is 11.2. The molecule has 4 nitrogen and oxygen atoms in total. The molecule has 23 heavy (non-hydrogen) atoms. The van der Waals surface area contributed by atoms with Crippen LogP contribution in [0.5, 0.6) is 11.5 Å². The van der Waals surface area contributed by atoms with Crippen molar-refractivity contribution in [1.82, 2.24) is 5.32 Å². The summed E-state index contributed by atoms with van der Waals surface area (Å²) in [6, 6.07) is 15.5. The van der Waals surface area contributed by atoms with E-state index in [0.717, 1.165) is 22.7 Å². The molecule has 0 amide bonds. The van der Waals surface area contributed by atoms with E-state index < -0.39 is 0 Å². The summed E-state index contributed by atoms with van der Waals surface area (Å²) in [4.78, 5) is 0. The van der Waals surface area contributed by atoms with Gasteiger partial charge in [-0.25, -0.2) is 0 Å². The number of ether oxygens (including phenoxy) is 2. The van der Waals surface area contributed by atoms with Gasteiger partial charge in [0.1, 0.15) is 18.1 Å². The Hall–Kier alpha value is -2.53. The highest BCUT2D eigenvalue weighted by atomic mass is 32.1. The van der Waals surface area contributed by atoms with Crippen molar-refractivity contribution in [2.45, 2.75) is 6.54 Å². The highest BCUT2D eigenvalue weighted by molar-refractivity contribution is 7.80. The van der Waals surface area contributed by atoms with E-state index in [0.29, 0.717) is 18.3 Å². The number of benzene rings is 2. The lowest BCUT2D eigenvalue weighted by molar-refractivity contribution is 0.363. The minimum Gasteiger partial charge on any atom is -0.497 e. The molecule has 0 heterocycles. The molecule has 0 saturated heterocycles. The molecule has 2 N–H and O–H groups in total. The van der Waals surface area contributed by atoms with Crippen LogP contribution in [0.3, 0.4) is 0 Å². The van der Waals surface area contributed by atoms with E-state index >= 15 is 0 Å². The first kappa shape index (κ1) is 16.8. The van der Waals surface area contributed by atoms with Crippen LogP contribution >= 0.6 is 12.2 Å². The minimum absolute atomic E-state index is 0.493. The van der Waals surface area contributed by atoms with Crippen LogP contribution in [0.2, 0.25) is 0 Å². The first-order valence-corrected chi connectivity index (χ1v) is 7.63. The molecular weight excluding hydrogens is 308 g/mol. The van der Waals surface area contributed by atoms with E-state index in [1.54, 1.807) is 13.2 Å². The number of rotatable bonds is 7. The van der Waals surface area contributed by atoms with Gasteiger partial charge in [-0.15, -0.1) is 0 Å². The fourth-order valence-electron chi connectivity index (χ4n) is 1.93. The van der Waals surface area contributed by atoms with Gasteiger partial charge in [-0.3, -0.25) is 0 Å². The van der Waals surface area contributed by atoms with Gasteiger partial charge in [-0.05, 0) is 54.2 Å². The van der Waals surface area contributed by atoms with Crippen LogP contribution < -0.4 is 20.1 Å². The third-order valence-corrected chi connectivity index (χ3v) is 3.31. The second-order valence-electron chi connectivity index (χ2n) is 4.78. The smallest absolute Gasteiger partial charge is 0.171 e. The molecule has 0 saturated carbocycles. The van der Waals surface area contributed by atoms with Crippen LogP contribution in [0.1, 0.15) is 5.56 Å². The zero-order chi connectivity index (χ0) is 16.5. The van der Waals surface area contributed by atoms with Crippen molar-refractivity contribution in [3.8, 4) is 11.5 Å². The summed E-state index contributed by atoms with van der Waals surface area (Å²) in [5.74, 6) is 1.63. The monoisotopic (exact) mass is 328 g/mol. The quantitative estimate of drug-likeness (QED) is 0.598. The van der Waals surface area contributed by atoms with Crippen molar-refractivity contribution in [2.75, 3.05) is 19.0 Å². The maximum atomic E-state index is 5.44. The van der Waals surface area contributed by atoms with Crippen molar-refractivity contribution < 1.29 is 9.47 Å². The molecule has 0 unspecified atom stereocenters. The van der Waals surface area contributed by atoms with Crippen LogP contribution in [-0.4, -0.2) is 18.8 Å². The molecule has 120 valence electrons. The fourth-order valence-corrected chi connectivity index (χ4v) is 2.12. The Balaban J connectivity index is 1.83. The van der Waals surface area contributed by atoms with Crippen LogP contribution in [0.15, 0.2) is 61.2 Å². The Morgan fingerprint density at radius 1 is 1.17 bits per heavy atom. The Morgan fingerprint density at radius 3 is 2.65 bits per heavy atom. The summed E-state index contributed by atoms with van der Waals surface area (Å²) in [5, 5.41) is 6.87. The summed E-state index contributed by atoms with van der Waals surface area (Å²) in [6.45, 7) is 4.74. The zero-order valence-corrected chi connectivity index (χ0v) is 13.9. The molecule has 5 heteroatoms. The molecule has 0 fully saturated rings. The number of methoxy groups -OCH3 is 1. The van der Waals surface area contributed by atoms with E-state index in [-0.39, 0.29) is 0 Å². The summed E-state index contributed by atoms with van der Waals surface area (Å²) in [7, 11) is 1.65. The van der Waals surface area contributed by atoms with E-state index in [2.05, 4.69) is 17.2 Å². The van der Waals surface area contributed by atoms with Crippen molar-refractivity contribution in [3.05, 3.63) is 66.7 Å². The number of hydrogen-bond acceptors (Lipinski definition) is 3. The molecule has 2 aromatic rings. The van der Waals surface area contributed by atoms with Gasteiger partial charge < -0.3 is 20.1 Å². The van der Waals surface area contributed by atoms with Gasteiger partial charge in [0.15, 0.2) is 5.11 Å². The third kappa shape index (κ3) is 5.64. The third-order valence-electron chi connectivity index (χ3n) is 3.07. The molecule has 0 bridgehead atoms. The normalized spacial score (nSPS) is 9.78. The Morgan fingerprint density at radius 2 is 1.96 bits per heavy atom. The molecule has 0 atom stereocenters. The van der Waals surface area contributed by atoms with E-state index in [4.69, 9.17) is 21.7 Å². The lowest BCUT2D eigenvalue weighted by Gasteiger charge is -2.12. The number of thiocarbonyl (C=S) groups is 1. The Labute approximate surface area is 142 Å². The van der Waals surface area contributed by atoms with Crippen LogP contribution in [0.25, 0.3) is 0 Å². The van der Waals surface area contributed by atoms with E-state index in [9.17, 15) is 0 Å². The fraction of sp³-hybridized carbons (Fsp3) is 0.167. The molecule has 0 aliphatic heterocycles. The lowest BCUT2D eigenvalue weighted by atomic mass is 10.2. The second kappa shape index (κ2) is 8.80. The van der Waals surface area contributed by atoms with E-state index in [1.165, 1.54) is 0 Å². The Bertz CT molecular complexity index is 656. The molecule has 0 aromatic heterocycles. The molecule has 0 spiro atoms. The largest absolute Gasteiger partial charge is 0.497 e. The van der Waals surface area contributed by atoms with Gasteiger partial charge in [-0.1, -0.05) is 24.8 Å². The topological polar surface area (TPSA) is 42.5 Å². The molecule has 0 aliphatic carbocycles. The van der Waals surface area contributed by atoms with Crippen LogP contribution in [-0.2, 0) is 6.54 Å². The van der Waals surface area contributed by atoms with Gasteiger partial charge in [0.05, 0.1) is 7.11 Å². The van der Waals surface area contributed by atoms with Gasteiger partial charge in [0.25, 0.3) is 0 Å². The van der Waals surface area contributed by atoms with Gasteiger partial charge >= 0.3 is 0 Å². The molecule has 2 rings (SSSR count). The van der Waals surface area contributed by atoms with Crippen molar-refractivity contribution in [3.63, 3.8) is 0 Å². The summed E-state index contributed by atoms with van der Waals surface area (Å²) in [5.41, 5.74) is 2.00. The minimum atomic E-state index is 0.493. The standard InChI is InChI=1S/C18H20N2O2S/c1-3-11-22-16-9-7-15(8-10-16)20-18(23)19-13-14-5-4-6-17(12-14)21-2/h3-10,12H,1,11,13H2,2H3,(H2,19,20,23). The highest BCUT2D eigenvalue weighted by Gasteiger charge is 2.00. The predicted molar refractivity (Wildman–Crippen MR) is 98.2 cm³/mol. The molecule has 0 aliphatic rings. The molecule has 0 radical (unpaired) electrons. The van der Waals surface area contributed by atoms with Crippen LogP contribution in [0.4, 0.5) is 5.69 Å². The van der Waals surface area contributed by atoms with Crippen LogP contribution in [0, 0.1) is 0 Å². The SMILES string of the molecule is C=CCOc1ccc(NC(=S)NCc2cccc(OC)c2)cc1. The van der Waals surface area contributed by atoms with E-state index in [1.807, 2.05) is 48.5 Å². The maximum absolute atomic E-state index is 5.44. The molecular formula is C18H20N2O2S. The zero-order valence-electron chi connectivity index (χ0n) is 13.0. The highest BCUT2D eigenvalue weighted by Crippen LogP contribution is 2.16. The number of hydrogen-bond donors (Lipinski definition) is 2. The van der Waals surface area contributed by atoms with Gasteiger partial charge in [0.2, 0.25) is 0 Å². The lowest BCUT2D eigenvalue weighted by Crippen LogP contribution is -2.27. The van der Waals surface area contributed by atoms with Gasteiger partial charge in [-0.2, -0.15) is 0 Å². The maximum Gasteiger partial charge on any atom is 0.171 e. The first-order valence-electron chi connectivity index (χ1n) is 7.23. The number of anilines is 1. The van der Waals surface area contributed by atoms with Crippen molar-refractivity contribution in [2.24, 2.45) is 0 Å². The molecule has 2 aromatic carbocycles.